The first-order chi connectivity index (χ1) is 11.1. The van der Waals surface area contributed by atoms with Gasteiger partial charge in [0.15, 0.2) is 0 Å². The molecule has 1 N–H and O–H groups in total. The smallest absolute Gasteiger partial charge is 0.309 e. The molecule has 0 bridgehead atoms. The average molecular weight is 310 g/mol. The summed E-state index contributed by atoms with van der Waals surface area (Å²) in [5.74, 6) is 0.889. The third-order valence-electron chi connectivity index (χ3n) is 5.00. The van der Waals surface area contributed by atoms with Gasteiger partial charge in [-0.15, -0.1) is 0 Å². The summed E-state index contributed by atoms with van der Waals surface area (Å²) < 4.78 is 0. The van der Waals surface area contributed by atoms with Gasteiger partial charge in [-0.1, -0.05) is 0 Å². The number of fused-ring (bicyclic) bond motifs is 1. The molecular formula is C16H18N6O. The highest BCUT2D eigenvalue weighted by molar-refractivity contribution is 5.92. The van der Waals surface area contributed by atoms with Gasteiger partial charge in [0.25, 0.3) is 0 Å². The largest absolute Gasteiger partial charge is 0.354 e. The quantitative estimate of drug-likeness (QED) is 0.871. The molecule has 2 aromatic heterocycles. The van der Waals surface area contributed by atoms with Crippen LogP contribution >= 0.6 is 0 Å². The van der Waals surface area contributed by atoms with E-state index in [1.165, 1.54) is 0 Å². The molecule has 118 valence electrons. The summed E-state index contributed by atoms with van der Waals surface area (Å²) in [7, 11) is 1.83. The monoisotopic (exact) mass is 310 g/mol. The summed E-state index contributed by atoms with van der Waals surface area (Å²) in [6.07, 6.45) is 5.72. The Kier molecular flexibility index (Phi) is 3.01. The van der Waals surface area contributed by atoms with E-state index < -0.39 is 5.54 Å². The van der Waals surface area contributed by atoms with E-state index in [1.54, 1.807) is 11.2 Å². The van der Waals surface area contributed by atoms with Crippen LogP contribution in [0.3, 0.4) is 0 Å². The summed E-state index contributed by atoms with van der Waals surface area (Å²) in [5.41, 5.74) is 0.0677. The molecule has 0 unspecified atom stereocenters. The van der Waals surface area contributed by atoms with Gasteiger partial charge < -0.3 is 14.8 Å². The van der Waals surface area contributed by atoms with E-state index >= 15 is 0 Å². The molecule has 1 atom stereocenters. The maximum Gasteiger partial charge on any atom is 0.309 e. The zero-order valence-electron chi connectivity index (χ0n) is 13.0. The third kappa shape index (κ3) is 2.13. The number of nitrogens with one attached hydrogen (secondary N) is 1. The normalized spacial score (nSPS) is 22.1. The zero-order chi connectivity index (χ0) is 16.0. The van der Waals surface area contributed by atoms with E-state index in [-0.39, 0.29) is 11.9 Å². The number of hydrogen-bond donors (Lipinski definition) is 1. The molecule has 2 fully saturated rings. The minimum atomic E-state index is -0.759. The molecule has 1 aliphatic heterocycles. The van der Waals surface area contributed by atoms with Gasteiger partial charge in [-0.3, -0.25) is 9.64 Å². The minimum Gasteiger partial charge on any atom is -0.354 e. The van der Waals surface area contributed by atoms with E-state index in [9.17, 15) is 4.79 Å². The molecule has 7 heteroatoms. The fourth-order valence-electron chi connectivity index (χ4n) is 3.35. The van der Waals surface area contributed by atoms with Gasteiger partial charge in [-0.25, -0.2) is 16.5 Å². The minimum absolute atomic E-state index is 0.0196. The van der Waals surface area contributed by atoms with Crippen molar-refractivity contribution < 1.29 is 4.79 Å². The van der Waals surface area contributed by atoms with E-state index in [1.807, 2.05) is 19.3 Å². The highest BCUT2D eigenvalue weighted by Crippen LogP contribution is 2.42. The Morgan fingerprint density at radius 3 is 3.09 bits per heavy atom. The fourth-order valence-corrected chi connectivity index (χ4v) is 3.35. The molecule has 4 rings (SSSR count). The van der Waals surface area contributed by atoms with Gasteiger partial charge in [0, 0.05) is 39.2 Å². The average Bonchev–Trinajstić information content (AvgIpc) is 3.00. The lowest BCUT2D eigenvalue weighted by atomic mass is 10.2. The highest BCUT2D eigenvalue weighted by atomic mass is 16.2. The van der Waals surface area contributed by atoms with Crippen LogP contribution in [0.4, 0.5) is 5.82 Å². The van der Waals surface area contributed by atoms with Crippen molar-refractivity contribution in [2.24, 2.45) is 0 Å². The number of likely N-dealkylation sites (N-methyl/N-ethyl adjacent to an activating group) is 1. The molecule has 1 saturated carbocycles. The van der Waals surface area contributed by atoms with Crippen LogP contribution in [0, 0.1) is 6.57 Å². The molecule has 0 aromatic carbocycles. The van der Waals surface area contributed by atoms with Crippen molar-refractivity contribution in [2.45, 2.75) is 30.8 Å². The molecule has 1 aliphatic carbocycles. The molecule has 2 aromatic rings. The van der Waals surface area contributed by atoms with E-state index in [2.05, 4.69) is 24.7 Å². The van der Waals surface area contributed by atoms with Crippen LogP contribution in [0.2, 0.25) is 0 Å². The topological polar surface area (TPSA) is 69.5 Å². The fraction of sp³-hybridized carbons (Fsp3) is 0.500. The van der Waals surface area contributed by atoms with Crippen molar-refractivity contribution in [1.29, 1.82) is 0 Å². The molecule has 1 saturated heterocycles. The van der Waals surface area contributed by atoms with Crippen LogP contribution < -0.4 is 4.90 Å². The number of rotatable bonds is 3. The lowest BCUT2D eigenvalue weighted by molar-refractivity contribution is -0.132. The number of aromatic amines is 1. The number of nitrogens with zero attached hydrogens (tertiary/aromatic N) is 5. The van der Waals surface area contributed by atoms with E-state index in [0.29, 0.717) is 12.8 Å². The number of anilines is 1. The van der Waals surface area contributed by atoms with Crippen molar-refractivity contribution in [2.75, 3.05) is 25.0 Å². The number of H-pyrrole nitrogens is 1. The van der Waals surface area contributed by atoms with E-state index in [4.69, 9.17) is 6.57 Å². The van der Waals surface area contributed by atoms with Gasteiger partial charge >= 0.3 is 11.4 Å². The Bertz CT molecular complexity index is 802. The maximum absolute atomic E-state index is 12.5. The van der Waals surface area contributed by atoms with Gasteiger partial charge in [0.05, 0.1) is 11.4 Å². The van der Waals surface area contributed by atoms with Crippen LogP contribution in [-0.4, -0.2) is 57.5 Å². The standard InChI is InChI=1S/C16H18N6O/c1-17-16(5-6-16)15(23)21(2)11-4-8-22(9-11)14-12-3-7-18-13(12)19-10-20-14/h3,7,10-11H,4-6,8-9H2,2H3,(H,18,19,20)/t11-/m1/s1. The summed E-state index contributed by atoms with van der Waals surface area (Å²) in [5, 5.41) is 1.00. The molecule has 1 amide bonds. The number of carbonyl (C=O) groups is 1. The Morgan fingerprint density at radius 1 is 1.52 bits per heavy atom. The third-order valence-corrected chi connectivity index (χ3v) is 5.00. The maximum atomic E-state index is 12.5. The molecule has 23 heavy (non-hydrogen) atoms. The van der Waals surface area contributed by atoms with Gasteiger partial charge in [0.1, 0.15) is 17.8 Å². The Balaban J connectivity index is 1.52. The van der Waals surface area contributed by atoms with Crippen LogP contribution in [0.5, 0.6) is 0 Å². The Hall–Kier alpha value is -2.62. The molecule has 3 heterocycles. The predicted octanol–water partition coefficient (Wildman–Crippen LogP) is 1.45. The first-order valence-corrected chi connectivity index (χ1v) is 7.83. The summed E-state index contributed by atoms with van der Waals surface area (Å²) in [6.45, 7) is 8.85. The number of amides is 1. The Labute approximate surface area is 134 Å². The van der Waals surface area contributed by atoms with E-state index in [0.717, 1.165) is 36.4 Å². The predicted molar refractivity (Wildman–Crippen MR) is 85.8 cm³/mol. The van der Waals surface area contributed by atoms with Gasteiger partial charge in [-0.2, -0.15) is 0 Å². The second-order valence-corrected chi connectivity index (χ2v) is 6.39. The van der Waals surface area contributed by atoms with Crippen LogP contribution in [-0.2, 0) is 4.79 Å². The molecule has 2 aliphatic rings. The van der Waals surface area contributed by atoms with Crippen molar-refractivity contribution in [3.05, 3.63) is 30.0 Å². The number of hydrogen-bond acceptors (Lipinski definition) is 4. The molecule has 0 radical (unpaired) electrons. The lowest BCUT2D eigenvalue weighted by Gasteiger charge is -2.25. The summed E-state index contributed by atoms with van der Waals surface area (Å²) >= 11 is 0. The van der Waals surface area contributed by atoms with Crippen LogP contribution in [0.25, 0.3) is 15.9 Å². The van der Waals surface area contributed by atoms with Crippen molar-refractivity contribution in [3.63, 3.8) is 0 Å². The SMILES string of the molecule is [C-]#[N+]C1(C(=O)N(C)[C@@H]2CCN(c3ncnc4[nH]ccc34)C2)CC1. The van der Waals surface area contributed by atoms with Crippen molar-refractivity contribution >= 4 is 22.8 Å². The first kappa shape index (κ1) is 14.0. The highest BCUT2D eigenvalue weighted by Gasteiger charge is 2.60. The van der Waals surface area contributed by atoms with Crippen LogP contribution in [0.1, 0.15) is 19.3 Å². The summed E-state index contributed by atoms with van der Waals surface area (Å²) in [4.78, 5) is 31.8. The number of aromatic nitrogens is 3. The molecular weight excluding hydrogens is 292 g/mol. The van der Waals surface area contributed by atoms with Gasteiger partial charge in [0.2, 0.25) is 0 Å². The van der Waals surface area contributed by atoms with Crippen molar-refractivity contribution in [1.82, 2.24) is 19.9 Å². The first-order valence-electron chi connectivity index (χ1n) is 7.83. The second kappa shape index (κ2) is 4.95. The van der Waals surface area contributed by atoms with Crippen LogP contribution in [0.15, 0.2) is 18.6 Å². The number of carbonyl (C=O) groups excluding carboxylic acids is 1. The summed E-state index contributed by atoms with van der Waals surface area (Å²) in [6, 6.07) is 2.11. The molecule has 7 nitrogen and oxygen atoms in total. The Morgan fingerprint density at radius 2 is 2.35 bits per heavy atom. The lowest BCUT2D eigenvalue weighted by Crippen LogP contribution is -2.44. The van der Waals surface area contributed by atoms with Crippen molar-refractivity contribution in [3.8, 4) is 0 Å². The van der Waals surface area contributed by atoms with Gasteiger partial charge in [-0.05, 0) is 12.5 Å². The molecule has 0 spiro atoms. The zero-order valence-corrected chi connectivity index (χ0v) is 13.0. The second-order valence-electron chi connectivity index (χ2n) is 6.39.